The predicted octanol–water partition coefficient (Wildman–Crippen LogP) is 1.97. The number of nitrogens with one attached hydrogen (secondary N) is 1. The molecule has 1 atom stereocenters. The van der Waals surface area contributed by atoms with Gasteiger partial charge >= 0.3 is 0 Å². The first kappa shape index (κ1) is 15.8. The molecule has 1 aliphatic carbocycles. The van der Waals surface area contributed by atoms with Crippen molar-refractivity contribution in [2.24, 2.45) is 5.92 Å². The second-order valence-electron chi connectivity index (χ2n) is 6.37. The van der Waals surface area contributed by atoms with Crippen LogP contribution in [0.1, 0.15) is 32.1 Å². The molecule has 1 saturated heterocycles. The van der Waals surface area contributed by atoms with Crippen LogP contribution in [0.2, 0.25) is 0 Å². The van der Waals surface area contributed by atoms with Crippen LogP contribution >= 0.6 is 0 Å². The fraction of sp³-hybridized carbons (Fsp3) is 0.556. The van der Waals surface area contributed by atoms with Crippen molar-refractivity contribution in [3.63, 3.8) is 0 Å². The second-order valence-corrected chi connectivity index (χ2v) is 6.37. The number of ether oxygens (including phenoxy) is 1. The fourth-order valence-electron chi connectivity index (χ4n) is 2.90. The normalized spacial score (nSPS) is 20.9. The van der Waals surface area contributed by atoms with Gasteiger partial charge < -0.3 is 15.0 Å². The highest BCUT2D eigenvalue weighted by Gasteiger charge is 2.31. The van der Waals surface area contributed by atoms with Gasteiger partial charge in [0.1, 0.15) is 5.75 Å². The van der Waals surface area contributed by atoms with Gasteiger partial charge in [-0.2, -0.15) is 0 Å². The number of carbonyl (C=O) groups excluding carboxylic acids is 2. The summed E-state index contributed by atoms with van der Waals surface area (Å²) in [6, 6.07) is 9.88. The van der Waals surface area contributed by atoms with E-state index in [0.717, 1.165) is 38.0 Å². The lowest BCUT2D eigenvalue weighted by atomic mass is 9.97. The summed E-state index contributed by atoms with van der Waals surface area (Å²) in [5.41, 5.74) is 0. The van der Waals surface area contributed by atoms with Crippen LogP contribution in [0.3, 0.4) is 0 Å². The van der Waals surface area contributed by atoms with Gasteiger partial charge in [0.15, 0.2) is 0 Å². The Morgan fingerprint density at radius 1 is 1.17 bits per heavy atom. The largest absolute Gasteiger partial charge is 0.493 e. The summed E-state index contributed by atoms with van der Waals surface area (Å²) in [5, 5.41) is 3.05. The van der Waals surface area contributed by atoms with Crippen LogP contribution in [0.4, 0.5) is 0 Å². The van der Waals surface area contributed by atoms with Crippen LogP contribution in [0.15, 0.2) is 30.3 Å². The van der Waals surface area contributed by atoms with Gasteiger partial charge in [0.05, 0.1) is 18.9 Å². The third kappa shape index (κ3) is 4.71. The number of nitrogens with zero attached hydrogens (tertiary/aromatic N) is 1. The molecule has 5 nitrogen and oxygen atoms in total. The third-order valence-electron chi connectivity index (χ3n) is 4.40. The molecule has 3 rings (SSSR count). The van der Waals surface area contributed by atoms with E-state index in [9.17, 15) is 9.59 Å². The molecule has 1 saturated carbocycles. The molecule has 23 heavy (non-hydrogen) atoms. The Hall–Kier alpha value is -2.04. The van der Waals surface area contributed by atoms with E-state index in [2.05, 4.69) is 5.32 Å². The van der Waals surface area contributed by atoms with E-state index in [1.54, 1.807) is 0 Å². The molecule has 2 amide bonds. The molecule has 124 valence electrons. The summed E-state index contributed by atoms with van der Waals surface area (Å²) in [7, 11) is 0. The van der Waals surface area contributed by atoms with E-state index in [4.69, 9.17) is 4.74 Å². The number of carbonyl (C=O) groups is 2. The Balaban J connectivity index is 1.42. The molecule has 2 fully saturated rings. The zero-order valence-corrected chi connectivity index (χ0v) is 13.4. The predicted molar refractivity (Wildman–Crippen MR) is 87.0 cm³/mol. The topological polar surface area (TPSA) is 58.6 Å². The highest BCUT2D eigenvalue weighted by molar-refractivity contribution is 5.81. The van der Waals surface area contributed by atoms with Crippen molar-refractivity contribution >= 4 is 11.8 Å². The number of benzene rings is 1. The number of amides is 2. The Labute approximate surface area is 137 Å². The molecule has 0 bridgehead atoms. The highest BCUT2D eigenvalue weighted by atomic mass is 16.5. The minimum absolute atomic E-state index is 0.0525. The van der Waals surface area contributed by atoms with Crippen LogP contribution in [0.25, 0.3) is 0 Å². The van der Waals surface area contributed by atoms with E-state index in [1.165, 1.54) is 0 Å². The van der Waals surface area contributed by atoms with Gasteiger partial charge in [-0.3, -0.25) is 9.59 Å². The Morgan fingerprint density at radius 2 is 1.96 bits per heavy atom. The molecule has 0 spiro atoms. The molecule has 0 aromatic heterocycles. The maximum Gasteiger partial charge on any atom is 0.226 e. The molecule has 0 radical (unpaired) electrons. The molecular formula is C18H24N2O3. The van der Waals surface area contributed by atoms with Gasteiger partial charge in [0.2, 0.25) is 11.8 Å². The number of para-hydroxylation sites is 1. The first-order chi connectivity index (χ1) is 11.2. The number of piperidine rings is 1. The van der Waals surface area contributed by atoms with E-state index >= 15 is 0 Å². The van der Waals surface area contributed by atoms with Crippen molar-refractivity contribution < 1.29 is 14.3 Å². The summed E-state index contributed by atoms with van der Waals surface area (Å²) in [5.74, 6) is 0.916. The van der Waals surface area contributed by atoms with E-state index in [0.29, 0.717) is 25.6 Å². The Kier molecular flexibility index (Phi) is 5.16. The number of hydrogen-bond donors (Lipinski definition) is 1. The van der Waals surface area contributed by atoms with Crippen LogP contribution in [0.5, 0.6) is 5.75 Å². The maximum absolute atomic E-state index is 12.3. The maximum atomic E-state index is 12.3. The summed E-state index contributed by atoms with van der Waals surface area (Å²) in [6.45, 7) is 1.67. The molecule has 1 aromatic rings. The summed E-state index contributed by atoms with van der Waals surface area (Å²) < 4.78 is 5.58. The van der Waals surface area contributed by atoms with Crippen molar-refractivity contribution in [2.75, 3.05) is 19.7 Å². The van der Waals surface area contributed by atoms with Crippen molar-refractivity contribution in [1.29, 1.82) is 0 Å². The van der Waals surface area contributed by atoms with Crippen molar-refractivity contribution in [3.05, 3.63) is 30.3 Å². The second kappa shape index (κ2) is 7.49. The zero-order chi connectivity index (χ0) is 16.1. The molecule has 1 aromatic carbocycles. The van der Waals surface area contributed by atoms with E-state index in [-0.39, 0.29) is 17.7 Å². The van der Waals surface area contributed by atoms with Gasteiger partial charge in [-0.15, -0.1) is 0 Å². The lowest BCUT2D eigenvalue weighted by Gasteiger charge is -2.32. The number of rotatable bonds is 6. The van der Waals surface area contributed by atoms with E-state index in [1.807, 2.05) is 35.2 Å². The molecule has 0 unspecified atom stereocenters. The van der Waals surface area contributed by atoms with Crippen LogP contribution < -0.4 is 10.1 Å². The quantitative estimate of drug-likeness (QED) is 0.873. The van der Waals surface area contributed by atoms with Gasteiger partial charge in [-0.25, -0.2) is 0 Å². The van der Waals surface area contributed by atoms with Crippen LogP contribution in [0, 0.1) is 5.92 Å². The lowest BCUT2D eigenvalue weighted by molar-refractivity contribution is -0.136. The standard InChI is InChI=1S/C18H24N2O3/c21-17(10-12-23-16-6-2-1-3-7-16)20-11-4-5-14(13-20)18(22)19-15-8-9-15/h1-3,6-7,14-15H,4-5,8-13H2,(H,19,22)/t14-/m0/s1. The van der Waals surface area contributed by atoms with Gasteiger partial charge in [0, 0.05) is 19.1 Å². The van der Waals surface area contributed by atoms with E-state index < -0.39 is 0 Å². The number of likely N-dealkylation sites (tertiary alicyclic amines) is 1. The monoisotopic (exact) mass is 316 g/mol. The van der Waals surface area contributed by atoms with Crippen LogP contribution in [-0.2, 0) is 9.59 Å². The first-order valence-electron chi connectivity index (χ1n) is 8.48. The Bertz CT molecular complexity index is 542. The molecule has 1 aliphatic heterocycles. The van der Waals surface area contributed by atoms with Gasteiger partial charge in [-0.05, 0) is 37.8 Å². The van der Waals surface area contributed by atoms with Gasteiger partial charge in [-0.1, -0.05) is 18.2 Å². The first-order valence-corrected chi connectivity index (χ1v) is 8.48. The fourth-order valence-corrected chi connectivity index (χ4v) is 2.90. The van der Waals surface area contributed by atoms with Gasteiger partial charge in [0.25, 0.3) is 0 Å². The lowest BCUT2D eigenvalue weighted by Crippen LogP contribution is -2.46. The smallest absolute Gasteiger partial charge is 0.226 e. The molecule has 1 N–H and O–H groups in total. The minimum atomic E-state index is -0.0525. The Morgan fingerprint density at radius 3 is 2.70 bits per heavy atom. The average Bonchev–Trinajstić information content (AvgIpc) is 3.40. The molecular weight excluding hydrogens is 292 g/mol. The SMILES string of the molecule is O=C(NC1CC1)[C@H]1CCCN(C(=O)CCOc2ccccc2)C1. The van der Waals surface area contributed by atoms with Crippen molar-refractivity contribution in [3.8, 4) is 5.75 Å². The summed E-state index contributed by atoms with van der Waals surface area (Å²) in [4.78, 5) is 26.3. The minimum Gasteiger partial charge on any atom is -0.493 e. The number of hydrogen-bond acceptors (Lipinski definition) is 3. The van der Waals surface area contributed by atoms with Crippen molar-refractivity contribution in [2.45, 2.75) is 38.1 Å². The molecule has 2 aliphatic rings. The highest BCUT2D eigenvalue weighted by Crippen LogP contribution is 2.22. The molecule has 1 heterocycles. The summed E-state index contributed by atoms with van der Waals surface area (Å²) in [6.07, 6.45) is 4.32. The zero-order valence-electron chi connectivity index (χ0n) is 13.4. The average molecular weight is 316 g/mol. The van der Waals surface area contributed by atoms with Crippen molar-refractivity contribution in [1.82, 2.24) is 10.2 Å². The third-order valence-corrected chi connectivity index (χ3v) is 4.40. The molecule has 5 heteroatoms. The van der Waals surface area contributed by atoms with Crippen LogP contribution in [-0.4, -0.2) is 42.5 Å². The summed E-state index contributed by atoms with van der Waals surface area (Å²) >= 11 is 0.